The van der Waals surface area contributed by atoms with Crippen molar-refractivity contribution in [2.75, 3.05) is 5.88 Å². The van der Waals surface area contributed by atoms with Gasteiger partial charge in [-0.3, -0.25) is 0 Å². The largest absolute Gasteiger partial charge is 0.237 e. The lowest BCUT2D eigenvalue weighted by molar-refractivity contribution is 0.510. The highest BCUT2D eigenvalue weighted by Crippen LogP contribution is 2.18. The van der Waals surface area contributed by atoms with Crippen molar-refractivity contribution in [2.45, 2.75) is 244 Å². The first-order valence-electron chi connectivity index (χ1n) is 20.1. The van der Waals surface area contributed by atoms with Crippen LogP contribution in [0.4, 0.5) is 0 Å². The van der Waals surface area contributed by atoms with Crippen LogP contribution in [0.3, 0.4) is 0 Å². The van der Waals surface area contributed by atoms with Crippen molar-refractivity contribution >= 4 is 41.2 Å². The van der Waals surface area contributed by atoms with Crippen LogP contribution in [0.1, 0.15) is 238 Å². The minimum Gasteiger partial charge on any atom is -0.150 e. The van der Waals surface area contributed by atoms with E-state index in [1.165, 1.54) is 238 Å². The maximum absolute atomic E-state index is 5.91. The topological polar surface area (TPSA) is 0 Å². The number of hydrogen-bond donors (Lipinski definition) is 0. The summed E-state index contributed by atoms with van der Waals surface area (Å²) in [5.41, 5.74) is 0. The molecule has 0 heterocycles. The van der Waals surface area contributed by atoms with Crippen molar-refractivity contribution in [1.82, 2.24) is 0 Å². The fourth-order valence-corrected chi connectivity index (χ4v) is 8.29. The number of hydrogen-bond acceptors (Lipinski definition) is 0. The van der Waals surface area contributed by atoms with Gasteiger partial charge in [-0.1, -0.05) is 231 Å². The van der Waals surface area contributed by atoms with Crippen LogP contribution in [0.15, 0.2) is 0 Å². The van der Waals surface area contributed by atoms with Crippen molar-refractivity contribution in [2.24, 2.45) is 0 Å². The Bertz CT molecular complexity index is 473. The highest BCUT2D eigenvalue weighted by Gasteiger charge is 2.01. The van der Waals surface area contributed by atoms with Gasteiger partial charge in [-0.25, -0.2) is 0 Å². The summed E-state index contributed by atoms with van der Waals surface area (Å²) in [6, 6.07) is 1.10. The second kappa shape index (κ2) is 41.1. The van der Waals surface area contributed by atoms with Gasteiger partial charge in [-0.05, 0) is 12.5 Å². The normalized spacial score (nSPS) is 11.7. The Hall–Kier alpha value is 1.09. The third-order valence-corrected chi connectivity index (χ3v) is 12.0. The summed E-state index contributed by atoms with van der Waals surface area (Å²) in [6.45, 7) is 0. The minimum atomic E-state index is -1.34. The Balaban J connectivity index is 3.03. The molecule has 0 aromatic heterocycles. The highest BCUT2D eigenvalue weighted by molar-refractivity contribution is 7.33. The molecule has 0 bridgehead atoms. The quantitative estimate of drug-likeness (QED) is 0.0262. The lowest BCUT2D eigenvalue weighted by Gasteiger charge is -2.05. The second-order valence-electron chi connectivity index (χ2n) is 14.0. The summed E-state index contributed by atoms with van der Waals surface area (Å²) >= 11 is 17.6. The molecule has 0 amide bonds. The molecule has 0 saturated heterocycles. The van der Waals surface area contributed by atoms with Gasteiger partial charge in [0, 0.05) is 5.88 Å². The zero-order valence-electron chi connectivity index (χ0n) is 29.3. The van der Waals surface area contributed by atoms with E-state index in [1.807, 2.05) is 0 Å². The van der Waals surface area contributed by atoms with E-state index in [0.29, 0.717) is 0 Å². The molecule has 4 heteroatoms. The molecule has 43 heavy (non-hydrogen) atoms. The van der Waals surface area contributed by atoms with Crippen molar-refractivity contribution < 1.29 is 0 Å². The van der Waals surface area contributed by atoms with Crippen molar-refractivity contribution in [3.63, 3.8) is 0 Å². The molecular formula is C39H79Cl3Si. The van der Waals surface area contributed by atoms with Gasteiger partial charge < -0.3 is 0 Å². The molecule has 0 spiro atoms. The van der Waals surface area contributed by atoms with E-state index in [9.17, 15) is 0 Å². The summed E-state index contributed by atoms with van der Waals surface area (Å²) in [5, 5.41) is 0. The number of halogens is 3. The SMILES string of the molecule is ClCCCCCCCCCCCCCCCCCCCCCCCCCCCCCCCCCCCCCCC[SiH](Cl)Cl. The first-order valence-corrected chi connectivity index (χ1v) is 25.0. The van der Waals surface area contributed by atoms with Gasteiger partial charge >= 0.3 is 0 Å². The first-order chi connectivity index (χ1) is 21.3. The van der Waals surface area contributed by atoms with Crippen LogP contribution in [0.25, 0.3) is 0 Å². The van der Waals surface area contributed by atoms with Gasteiger partial charge in [0.15, 0.2) is 0 Å². The summed E-state index contributed by atoms with van der Waals surface area (Å²) in [5.74, 6) is 0.845. The third kappa shape index (κ3) is 43.1. The van der Waals surface area contributed by atoms with Crippen molar-refractivity contribution in [3.8, 4) is 0 Å². The van der Waals surface area contributed by atoms with E-state index in [1.54, 1.807) is 0 Å². The molecule has 0 aromatic rings. The molecule has 0 aliphatic carbocycles. The molecule has 0 atom stereocenters. The molecule has 260 valence electrons. The summed E-state index contributed by atoms with van der Waals surface area (Å²) < 4.78 is 0. The predicted octanol–water partition coefficient (Wildman–Crippen LogP) is 16.4. The Morgan fingerprint density at radius 2 is 0.349 bits per heavy atom. The molecule has 0 radical (unpaired) electrons. The molecule has 0 saturated carbocycles. The number of alkyl halides is 1. The monoisotopic (exact) mass is 681 g/mol. The zero-order chi connectivity index (χ0) is 31.2. The lowest BCUT2D eigenvalue weighted by Crippen LogP contribution is -1.91. The van der Waals surface area contributed by atoms with Gasteiger partial charge in [-0.15, -0.1) is 11.6 Å². The zero-order valence-corrected chi connectivity index (χ0v) is 32.7. The average Bonchev–Trinajstić information content (AvgIpc) is 3.00. The van der Waals surface area contributed by atoms with Crippen LogP contribution in [-0.2, 0) is 0 Å². The van der Waals surface area contributed by atoms with Crippen LogP contribution in [0, 0.1) is 0 Å². The predicted molar refractivity (Wildman–Crippen MR) is 205 cm³/mol. The highest BCUT2D eigenvalue weighted by atomic mass is 35.7. The van der Waals surface area contributed by atoms with E-state index in [0.717, 1.165) is 11.9 Å². The number of unbranched alkanes of at least 4 members (excludes halogenated alkanes) is 36. The molecule has 0 aromatic carbocycles. The van der Waals surface area contributed by atoms with E-state index in [-0.39, 0.29) is 0 Å². The van der Waals surface area contributed by atoms with Gasteiger partial charge in [0.05, 0.1) is 0 Å². The van der Waals surface area contributed by atoms with Crippen LogP contribution < -0.4 is 0 Å². The molecule has 0 N–H and O–H groups in total. The first kappa shape index (κ1) is 44.1. The minimum absolute atomic E-state index is 0.845. The Kier molecular flexibility index (Phi) is 42.1. The van der Waals surface area contributed by atoms with Crippen LogP contribution in [-0.4, -0.2) is 13.3 Å². The third-order valence-electron chi connectivity index (χ3n) is 9.56. The lowest BCUT2D eigenvalue weighted by atomic mass is 10.0. The maximum atomic E-state index is 5.91. The maximum Gasteiger partial charge on any atom is 0.237 e. The van der Waals surface area contributed by atoms with E-state index in [2.05, 4.69) is 0 Å². The molecule has 0 aliphatic rings. The van der Waals surface area contributed by atoms with Crippen LogP contribution in [0.5, 0.6) is 0 Å². The van der Waals surface area contributed by atoms with Crippen molar-refractivity contribution in [3.05, 3.63) is 0 Å². The standard InChI is InChI=1S/C39H79Cl3Si/c40-38-36-34-32-30-28-26-24-22-20-18-16-14-12-10-8-6-4-2-1-3-5-7-9-11-13-15-17-19-21-23-25-27-29-31-33-35-37-39-43(41)42/h43H,1-39H2. The van der Waals surface area contributed by atoms with Crippen molar-refractivity contribution in [1.29, 1.82) is 0 Å². The summed E-state index contributed by atoms with van der Waals surface area (Å²) in [4.78, 5) is 0. The average molecular weight is 683 g/mol. The summed E-state index contributed by atoms with van der Waals surface area (Å²) in [6.07, 6.45) is 53.4. The molecule has 0 nitrogen and oxygen atoms in total. The summed E-state index contributed by atoms with van der Waals surface area (Å²) in [7, 11) is -1.34. The smallest absolute Gasteiger partial charge is 0.150 e. The Morgan fingerprint density at radius 1 is 0.209 bits per heavy atom. The molecule has 0 rings (SSSR count). The van der Waals surface area contributed by atoms with Gasteiger partial charge in [0.25, 0.3) is 0 Å². The van der Waals surface area contributed by atoms with E-state index < -0.39 is 7.42 Å². The van der Waals surface area contributed by atoms with Gasteiger partial charge in [-0.2, -0.15) is 22.2 Å². The van der Waals surface area contributed by atoms with Gasteiger partial charge in [0.1, 0.15) is 0 Å². The molecular weight excluding hydrogens is 603 g/mol. The Labute approximate surface area is 289 Å². The van der Waals surface area contributed by atoms with Crippen LogP contribution in [0.2, 0.25) is 6.04 Å². The number of rotatable bonds is 39. The van der Waals surface area contributed by atoms with Crippen LogP contribution >= 0.6 is 33.8 Å². The van der Waals surface area contributed by atoms with E-state index in [4.69, 9.17) is 33.8 Å². The Morgan fingerprint density at radius 3 is 0.488 bits per heavy atom. The molecule has 0 fully saturated rings. The van der Waals surface area contributed by atoms with Gasteiger partial charge in [0.2, 0.25) is 7.42 Å². The fourth-order valence-electron chi connectivity index (χ4n) is 6.58. The molecule has 0 aliphatic heterocycles. The molecule has 0 unspecified atom stereocenters. The van der Waals surface area contributed by atoms with E-state index >= 15 is 0 Å². The second-order valence-corrected chi connectivity index (χ2v) is 19.5. The fraction of sp³-hybridized carbons (Fsp3) is 1.00.